The fourth-order valence-electron chi connectivity index (χ4n) is 3.12. The first-order chi connectivity index (χ1) is 14.1. The molecule has 0 radical (unpaired) electrons. The molecule has 0 bridgehead atoms. The lowest BCUT2D eigenvalue weighted by molar-refractivity contribution is 0.321. The number of rotatable bonds is 8. The van der Waals surface area contributed by atoms with Crippen molar-refractivity contribution in [2.24, 2.45) is 0 Å². The Morgan fingerprint density at radius 1 is 0.690 bits per heavy atom. The zero-order chi connectivity index (χ0) is 21.4. The predicted molar refractivity (Wildman–Crippen MR) is 112 cm³/mol. The molecule has 6 nitrogen and oxygen atoms in total. The summed E-state index contributed by atoms with van der Waals surface area (Å²) in [4.78, 5) is 0. The summed E-state index contributed by atoms with van der Waals surface area (Å²) in [6.07, 6.45) is 0.795. The van der Waals surface area contributed by atoms with Gasteiger partial charge in [-0.25, -0.2) is 0 Å². The minimum absolute atomic E-state index is 0.0659. The Morgan fingerprint density at radius 3 is 1.69 bits per heavy atom. The van der Waals surface area contributed by atoms with Gasteiger partial charge in [-0.1, -0.05) is 24.8 Å². The average Bonchev–Trinajstić information content (AvgIpc) is 2.77. The summed E-state index contributed by atoms with van der Waals surface area (Å²) in [6.45, 7) is 2.07. The smallest absolute Gasteiger partial charge is 0.203 e. The molecular formula is C23H28O6. The summed E-state index contributed by atoms with van der Waals surface area (Å²) < 4.78 is 32.7. The molecule has 0 saturated heterocycles. The molecule has 0 fully saturated rings. The summed E-state index contributed by atoms with van der Waals surface area (Å²) in [5.74, 6) is 9.93. The fourth-order valence-corrected chi connectivity index (χ4v) is 3.12. The minimum Gasteiger partial charge on any atom is -0.493 e. The van der Waals surface area contributed by atoms with Crippen molar-refractivity contribution >= 4 is 0 Å². The average molecular weight is 400 g/mol. The van der Waals surface area contributed by atoms with Gasteiger partial charge < -0.3 is 28.4 Å². The maximum absolute atomic E-state index is 5.62. The molecule has 0 saturated carbocycles. The van der Waals surface area contributed by atoms with Crippen LogP contribution in [0.1, 0.15) is 30.4 Å². The summed E-state index contributed by atoms with van der Waals surface area (Å²) in [5.41, 5.74) is 1.70. The van der Waals surface area contributed by atoms with Gasteiger partial charge in [-0.3, -0.25) is 0 Å². The van der Waals surface area contributed by atoms with Gasteiger partial charge in [0.2, 0.25) is 11.5 Å². The highest BCUT2D eigenvalue weighted by Gasteiger charge is 2.20. The van der Waals surface area contributed by atoms with Crippen molar-refractivity contribution in [3.05, 3.63) is 35.4 Å². The SMILES string of the molecule is CCC(C#Cc1cc(OC)c(OC)c(OC)c1)c1ccc(OC)c(OC)c1OC. The number of ether oxygens (including phenoxy) is 6. The van der Waals surface area contributed by atoms with Crippen LogP contribution in [0.5, 0.6) is 34.5 Å². The van der Waals surface area contributed by atoms with E-state index in [4.69, 9.17) is 28.4 Å². The maximum atomic E-state index is 5.62. The Labute approximate surface area is 172 Å². The van der Waals surface area contributed by atoms with Crippen LogP contribution in [0, 0.1) is 11.8 Å². The number of methoxy groups -OCH3 is 6. The fraction of sp³-hybridized carbons (Fsp3) is 0.391. The first kappa shape index (κ1) is 22.1. The molecule has 29 heavy (non-hydrogen) atoms. The lowest BCUT2D eigenvalue weighted by Crippen LogP contribution is -2.02. The number of hydrogen-bond acceptors (Lipinski definition) is 6. The number of benzene rings is 2. The van der Waals surface area contributed by atoms with E-state index in [9.17, 15) is 0 Å². The van der Waals surface area contributed by atoms with Gasteiger partial charge in [0.1, 0.15) is 0 Å². The highest BCUT2D eigenvalue weighted by atomic mass is 16.5. The largest absolute Gasteiger partial charge is 0.493 e. The lowest BCUT2D eigenvalue weighted by atomic mass is 9.95. The third-order valence-corrected chi connectivity index (χ3v) is 4.57. The Bertz CT molecular complexity index is 869. The van der Waals surface area contributed by atoms with Gasteiger partial charge in [-0.05, 0) is 24.6 Å². The summed E-state index contributed by atoms with van der Waals surface area (Å²) in [6, 6.07) is 7.47. The van der Waals surface area contributed by atoms with Crippen molar-refractivity contribution in [2.75, 3.05) is 42.7 Å². The summed E-state index contributed by atoms with van der Waals surface area (Å²) in [7, 11) is 9.53. The molecular weight excluding hydrogens is 372 g/mol. The van der Waals surface area contributed by atoms with E-state index < -0.39 is 0 Å². The molecule has 0 amide bonds. The Hall–Kier alpha value is -3.20. The molecule has 1 unspecified atom stereocenters. The zero-order valence-corrected chi connectivity index (χ0v) is 18.0. The molecule has 2 rings (SSSR count). The van der Waals surface area contributed by atoms with Crippen molar-refractivity contribution in [3.63, 3.8) is 0 Å². The van der Waals surface area contributed by atoms with Crippen molar-refractivity contribution in [1.82, 2.24) is 0 Å². The van der Waals surface area contributed by atoms with Crippen LogP contribution in [0.4, 0.5) is 0 Å². The Kier molecular flexibility index (Phi) is 7.90. The molecule has 0 N–H and O–H groups in total. The van der Waals surface area contributed by atoms with Crippen molar-refractivity contribution < 1.29 is 28.4 Å². The van der Waals surface area contributed by atoms with Crippen LogP contribution >= 0.6 is 0 Å². The molecule has 0 aliphatic heterocycles. The van der Waals surface area contributed by atoms with Crippen LogP contribution in [0.25, 0.3) is 0 Å². The second kappa shape index (κ2) is 10.4. The normalized spacial score (nSPS) is 11.0. The van der Waals surface area contributed by atoms with Gasteiger partial charge in [0.15, 0.2) is 23.0 Å². The van der Waals surface area contributed by atoms with Gasteiger partial charge in [-0.2, -0.15) is 0 Å². The molecule has 0 aromatic heterocycles. The summed E-state index contributed by atoms with van der Waals surface area (Å²) >= 11 is 0. The van der Waals surface area contributed by atoms with E-state index >= 15 is 0 Å². The maximum Gasteiger partial charge on any atom is 0.203 e. The molecule has 0 aliphatic carbocycles. The molecule has 0 heterocycles. The van der Waals surface area contributed by atoms with Gasteiger partial charge in [-0.15, -0.1) is 0 Å². The van der Waals surface area contributed by atoms with E-state index in [2.05, 4.69) is 18.8 Å². The Balaban J connectivity index is 2.51. The van der Waals surface area contributed by atoms with Crippen LogP contribution in [-0.4, -0.2) is 42.7 Å². The lowest BCUT2D eigenvalue weighted by Gasteiger charge is -2.18. The second-order valence-electron chi connectivity index (χ2n) is 6.07. The van der Waals surface area contributed by atoms with Crippen LogP contribution < -0.4 is 28.4 Å². The second-order valence-corrected chi connectivity index (χ2v) is 6.07. The highest BCUT2D eigenvalue weighted by molar-refractivity contribution is 5.60. The van der Waals surface area contributed by atoms with Gasteiger partial charge >= 0.3 is 0 Å². The van der Waals surface area contributed by atoms with Gasteiger partial charge in [0, 0.05) is 17.0 Å². The molecule has 0 spiro atoms. The topological polar surface area (TPSA) is 55.4 Å². The third kappa shape index (κ3) is 4.62. The van der Waals surface area contributed by atoms with E-state index in [0.29, 0.717) is 34.5 Å². The minimum atomic E-state index is -0.0659. The van der Waals surface area contributed by atoms with Crippen LogP contribution in [-0.2, 0) is 0 Å². The van der Waals surface area contributed by atoms with Crippen molar-refractivity contribution in [1.29, 1.82) is 0 Å². The number of hydrogen-bond donors (Lipinski definition) is 0. The van der Waals surface area contributed by atoms with E-state index in [1.807, 2.05) is 24.3 Å². The van der Waals surface area contributed by atoms with Crippen LogP contribution in [0.3, 0.4) is 0 Å². The quantitative estimate of drug-likeness (QED) is 0.617. The van der Waals surface area contributed by atoms with Crippen LogP contribution in [0.15, 0.2) is 24.3 Å². The monoisotopic (exact) mass is 400 g/mol. The first-order valence-corrected chi connectivity index (χ1v) is 9.18. The zero-order valence-electron chi connectivity index (χ0n) is 18.0. The standard InChI is InChI=1S/C23H28O6/c1-8-16(17-11-12-18(24-2)23(29-7)21(17)27-5)10-9-15-13-19(25-3)22(28-6)20(14-15)26-4/h11-14,16H,8H2,1-7H3. The summed E-state index contributed by atoms with van der Waals surface area (Å²) in [5, 5.41) is 0. The van der Waals surface area contributed by atoms with Crippen LogP contribution in [0.2, 0.25) is 0 Å². The van der Waals surface area contributed by atoms with E-state index in [1.165, 1.54) is 0 Å². The Morgan fingerprint density at radius 2 is 1.24 bits per heavy atom. The molecule has 156 valence electrons. The van der Waals surface area contributed by atoms with E-state index in [0.717, 1.165) is 17.5 Å². The third-order valence-electron chi connectivity index (χ3n) is 4.57. The molecule has 2 aromatic carbocycles. The highest BCUT2D eigenvalue weighted by Crippen LogP contribution is 2.43. The predicted octanol–water partition coefficient (Wildman–Crippen LogP) is 4.28. The molecule has 6 heteroatoms. The first-order valence-electron chi connectivity index (χ1n) is 9.18. The van der Waals surface area contributed by atoms with Crippen molar-refractivity contribution in [2.45, 2.75) is 19.3 Å². The molecule has 1 atom stereocenters. The van der Waals surface area contributed by atoms with E-state index in [-0.39, 0.29) is 5.92 Å². The molecule has 0 aliphatic rings. The van der Waals surface area contributed by atoms with Gasteiger partial charge in [0.05, 0.1) is 42.7 Å². The molecule has 2 aromatic rings. The van der Waals surface area contributed by atoms with Gasteiger partial charge in [0.25, 0.3) is 0 Å². The van der Waals surface area contributed by atoms with E-state index in [1.54, 1.807) is 42.7 Å². The van der Waals surface area contributed by atoms with Crippen molar-refractivity contribution in [3.8, 4) is 46.3 Å².